The van der Waals surface area contributed by atoms with Crippen LogP contribution in [0.3, 0.4) is 0 Å². The number of carbonyl (C=O) groups excluding carboxylic acids is 2. The van der Waals surface area contributed by atoms with Gasteiger partial charge in [0.1, 0.15) is 11.6 Å². The third-order valence-corrected chi connectivity index (χ3v) is 3.09. The molecule has 1 aliphatic heterocycles. The molecule has 6 heteroatoms. The van der Waals surface area contributed by atoms with Crippen molar-refractivity contribution in [3.8, 4) is 0 Å². The fraction of sp³-hybridized carbons (Fsp3) is 0.500. The Kier molecular flexibility index (Phi) is 5.03. The number of β-lactam (4-membered cyclic amide) rings is 1. The van der Waals surface area contributed by atoms with E-state index in [2.05, 4.69) is 10.6 Å². The third kappa shape index (κ3) is 4.73. The molecule has 1 saturated heterocycles. The van der Waals surface area contributed by atoms with Gasteiger partial charge in [0.05, 0.1) is 19.3 Å². The van der Waals surface area contributed by atoms with E-state index in [1.807, 2.05) is 30.3 Å². The number of benzene rings is 1. The van der Waals surface area contributed by atoms with Crippen molar-refractivity contribution in [1.82, 2.24) is 10.6 Å². The van der Waals surface area contributed by atoms with Crippen LogP contribution < -0.4 is 10.6 Å². The van der Waals surface area contributed by atoms with Gasteiger partial charge >= 0.3 is 6.09 Å². The van der Waals surface area contributed by atoms with Gasteiger partial charge in [-0.2, -0.15) is 0 Å². The van der Waals surface area contributed by atoms with E-state index in [1.54, 1.807) is 20.8 Å². The number of hydrogen-bond acceptors (Lipinski definition) is 4. The number of nitrogens with one attached hydrogen (secondary N) is 2. The van der Waals surface area contributed by atoms with Gasteiger partial charge in [0.2, 0.25) is 5.91 Å². The third-order valence-electron chi connectivity index (χ3n) is 3.09. The summed E-state index contributed by atoms with van der Waals surface area (Å²) in [5.41, 5.74) is 0.466. The number of hydrogen-bond donors (Lipinski definition) is 2. The average molecular weight is 306 g/mol. The predicted octanol–water partition coefficient (Wildman–Crippen LogP) is 1.59. The van der Waals surface area contributed by atoms with Crippen molar-refractivity contribution in [2.24, 2.45) is 0 Å². The van der Waals surface area contributed by atoms with Crippen molar-refractivity contribution in [3.05, 3.63) is 35.9 Å². The van der Waals surface area contributed by atoms with E-state index >= 15 is 0 Å². The topological polar surface area (TPSA) is 76.7 Å². The summed E-state index contributed by atoms with van der Waals surface area (Å²) in [5.74, 6) is -0.223. The molecule has 2 atom stereocenters. The molecule has 2 amide bonds. The molecule has 1 aromatic carbocycles. The van der Waals surface area contributed by atoms with E-state index in [1.165, 1.54) is 0 Å². The first-order valence-corrected chi connectivity index (χ1v) is 7.27. The Hall–Kier alpha value is -2.08. The minimum absolute atomic E-state index is 0.223. The summed E-state index contributed by atoms with van der Waals surface area (Å²) in [6, 6.07) is 8.92. The molecule has 0 bridgehead atoms. The fourth-order valence-electron chi connectivity index (χ4n) is 2.06. The van der Waals surface area contributed by atoms with Gasteiger partial charge in [-0.05, 0) is 26.3 Å². The second kappa shape index (κ2) is 6.79. The number of rotatable bonds is 5. The van der Waals surface area contributed by atoms with Crippen molar-refractivity contribution in [3.63, 3.8) is 0 Å². The second-order valence-electron chi connectivity index (χ2n) is 6.24. The van der Waals surface area contributed by atoms with Crippen LogP contribution in [0.1, 0.15) is 26.3 Å². The molecule has 1 aliphatic rings. The van der Waals surface area contributed by atoms with Gasteiger partial charge in [-0.25, -0.2) is 4.79 Å². The molecule has 1 aromatic rings. The van der Waals surface area contributed by atoms with Crippen molar-refractivity contribution in [2.45, 2.75) is 45.1 Å². The molecule has 1 fully saturated rings. The molecule has 0 unspecified atom stereocenters. The van der Waals surface area contributed by atoms with Gasteiger partial charge in [0, 0.05) is 0 Å². The normalized spacial score (nSPS) is 20.8. The van der Waals surface area contributed by atoms with Crippen LogP contribution in [-0.4, -0.2) is 36.3 Å². The maximum Gasteiger partial charge on any atom is 0.408 e. The molecule has 0 aliphatic carbocycles. The van der Waals surface area contributed by atoms with Gasteiger partial charge in [0.15, 0.2) is 0 Å². The SMILES string of the molecule is CC(C)(C)OC(=O)N[C@@H]1C(=O)N[C@@H]1COCc1ccccc1. The standard InChI is InChI=1S/C16H22N2O4/c1-16(2,3)22-15(20)18-13-12(17-14(13)19)10-21-9-11-7-5-4-6-8-11/h4-8,12-13H,9-10H2,1-3H3,(H,17,19)(H,18,20)/t12-,13+/m1/s1. The molecule has 2 N–H and O–H groups in total. The molecule has 0 saturated carbocycles. The van der Waals surface area contributed by atoms with Crippen molar-refractivity contribution >= 4 is 12.0 Å². The number of ether oxygens (including phenoxy) is 2. The van der Waals surface area contributed by atoms with Gasteiger partial charge in [-0.15, -0.1) is 0 Å². The Morgan fingerprint density at radius 2 is 1.95 bits per heavy atom. The largest absolute Gasteiger partial charge is 0.444 e. The van der Waals surface area contributed by atoms with Gasteiger partial charge in [-0.3, -0.25) is 4.79 Å². The Balaban J connectivity index is 1.75. The zero-order valence-corrected chi connectivity index (χ0v) is 13.1. The Morgan fingerprint density at radius 3 is 2.55 bits per heavy atom. The first kappa shape index (κ1) is 16.3. The first-order valence-electron chi connectivity index (χ1n) is 7.27. The minimum Gasteiger partial charge on any atom is -0.444 e. The highest BCUT2D eigenvalue weighted by Gasteiger charge is 2.41. The van der Waals surface area contributed by atoms with E-state index in [-0.39, 0.29) is 11.9 Å². The highest BCUT2D eigenvalue weighted by atomic mass is 16.6. The van der Waals surface area contributed by atoms with Crippen molar-refractivity contribution < 1.29 is 19.1 Å². The second-order valence-corrected chi connectivity index (χ2v) is 6.24. The lowest BCUT2D eigenvalue weighted by Gasteiger charge is -2.37. The lowest BCUT2D eigenvalue weighted by molar-refractivity contribution is -0.133. The molecule has 6 nitrogen and oxygen atoms in total. The van der Waals surface area contributed by atoms with Crippen LogP contribution in [-0.2, 0) is 20.9 Å². The summed E-state index contributed by atoms with van der Waals surface area (Å²) in [7, 11) is 0. The fourth-order valence-corrected chi connectivity index (χ4v) is 2.06. The monoisotopic (exact) mass is 306 g/mol. The van der Waals surface area contributed by atoms with E-state index < -0.39 is 17.7 Å². The van der Waals surface area contributed by atoms with E-state index in [0.717, 1.165) is 5.56 Å². The van der Waals surface area contributed by atoms with Gasteiger partial charge < -0.3 is 20.1 Å². The summed E-state index contributed by atoms with van der Waals surface area (Å²) in [6.45, 7) is 6.11. The smallest absolute Gasteiger partial charge is 0.408 e. The average Bonchev–Trinajstić information content (AvgIpc) is 2.43. The molecular formula is C16H22N2O4. The van der Waals surface area contributed by atoms with E-state index in [4.69, 9.17) is 9.47 Å². The van der Waals surface area contributed by atoms with Crippen LogP contribution in [0.2, 0.25) is 0 Å². The highest BCUT2D eigenvalue weighted by molar-refractivity contribution is 5.92. The van der Waals surface area contributed by atoms with Crippen LogP contribution >= 0.6 is 0 Å². The zero-order valence-electron chi connectivity index (χ0n) is 13.1. The van der Waals surface area contributed by atoms with Gasteiger partial charge in [0.25, 0.3) is 0 Å². The summed E-state index contributed by atoms with van der Waals surface area (Å²) in [4.78, 5) is 23.2. The summed E-state index contributed by atoms with van der Waals surface area (Å²) >= 11 is 0. The number of alkyl carbamates (subject to hydrolysis) is 1. The molecule has 120 valence electrons. The van der Waals surface area contributed by atoms with Crippen LogP contribution in [0, 0.1) is 0 Å². The molecule has 0 spiro atoms. The zero-order chi connectivity index (χ0) is 16.2. The Morgan fingerprint density at radius 1 is 1.27 bits per heavy atom. The predicted molar refractivity (Wildman–Crippen MR) is 81.2 cm³/mol. The maximum atomic E-state index is 11.7. The number of amides is 2. The molecule has 2 rings (SSSR count). The van der Waals surface area contributed by atoms with Crippen LogP contribution in [0.25, 0.3) is 0 Å². The summed E-state index contributed by atoms with van der Waals surface area (Å²) in [5, 5.41) is 5.28. The highest BCUT2D eigenvalue weighted by Crippen LogP contribution is 2.11. The Bertz CT molecular complexity index is 525. The van der Waals surface area contributed by atoms with Crippen molar-refractivity contribution in [2.75, 3.05) is 6.61 Å². The molecule has 1 heterocycles. The van der Waals surface area contributed by atoms with E-state index in [0.29, 0.717) is 13.2 Å². The van der Waals surface area contributed by atoms with Crippen LogP contribution in [0.4, 0.5) is 4.79 Å². The minimum atomic E-state index is -0.606. The maximum absolute atomic E-state index is 11.7. The molecule has 0 radical (unpaired) electrons. The van der Waals surface area contributed by atoms with Crippen LogP contribution in [0.15, 0.2) is 30.3 Å². The summed E-state index contributed by atoms with van der Waals surface area (Å²) in [6.07, 6.45) is -0.597. The van der Waals surface area contributed by atoms with Crippen LogP contribution in [0.5, 0.6) is 0 Å². The Labute approximate surface area is 130 Å². The summed E-state index contributed by atoms with van der Waals surface area (Å²) < 4.78 is 10.7. The van der Waals surface area contributed by atoms with Gasteiger partial charge in [-0.1, -0.05) is 30.3 Å². The first-order chi connectivity index (χ1) is 10.3. The molecule has 0 aromatic heterocycles. The van der Waals surface area contributed by atoms with Crippen molar-refractivity contribution in [1.29, 1.82) is 0 Å². The lowest BCUT2D eigenvalue weighted by atomic mass is 10.0. The van der Waals surface area contributed by atoms with E-state index in [9.17, 15) is 9.59 Å². The molecule has 22 heavy (non-hydrogen) atoms. The number of carbonyl (C=O) groups is 2. The molecular weight excluding hydrogens is 284 g/mol. The quantitative estimate of drug-likeness (QED) is 0.810. The lowest BCUT2D eigenvalue weighted by Crippen LogP contribution is -2.70.